The number of hydrogen-bond donors (Lipinski definition) is 0. The van der Waals surface area contributed by atoms with Crippen LogP contribution in [0.4, 0.5) is 11.4 Å². The van der Waals surface area contributed by atoms with E-state index < -0.39 is 27.4 Å². The van der Waals surface area contributed by atoms with E-state index >= 15 is 0 Å². The Labute approximate surface area is 172 Å². The van der Waals surface area contributed by atoms with Crippen LogP contribution in [-0.2, 0) is 16.1 Å². The second kappa shape index (κ2) is 8.61. The third kappa shape index (κ3) is 4.22. The lowest BCUT2D eigenvalue weighted by molar-refractivity contribution is -0.385. The highest BCUT2D eigenvalue weighted by Gasteiger charge is 2.20. The molecule has 0 saturated carbocycles. The largest absolute Gasteiger partial charge is 0.465 e. The molecular weight excluding hydrogens is 416 g/mol. The van der Waals surface area contributed by atoms with Crippen molar-refractivity contribution in [2.75, 3.05) is 6.61 Å². The molecule has 0 radical (unpaired) electrons. The zero-order valence-corrected chi connectivity index (χ0v) is 16.3. The first kappa shape index (κ1) is 20.8. The Morgan fingerprint density at radius 2 is 1.87 bits per heavy atom. The lowest BCUT2D eigenvalue weighted by atomic mass is 10.2. The third-order valence-electron chi connectivity index (χ3n) is 4.00. The molecule has 1 aromatic heterocycles. The van der Waals surface area contributed by atoms with Gasteiger partial charge in [0.05, 0.1) is 26.7 Å². The summed E-state index contributed by atoms with van der Waals surface area (Å²) in [5.41, 5.74) is -0.501. The van der Waals surface area contributed by atoms with Gasteiger partial charge in [-0.2, -0.15) is 4.99 Å². The van der Waals surface area contributed by atoms with Gasteiger partial charge in [0, 0.05) is 18.2 Å². The molecule has 0 aliphatic carbocycles. The van der Waals surface area contributed by atoms with Crippen LogP contribution in [0, 0.1) is 20.2 Å². The molecule has 0 aliphatic rings. The minimum Gasteiger partial charge on any atom is -0.465 e. The number of fused-ring (bicyclic) bond motifs is 1. The van der Waals surface area contributed by atoms with E-state index in [9.17, 15) is 29.8 Å². The average Bonchev–Trinajstić information content (AvgIpc) is 3.04. The van der Waals surface area contributed by atoms with Gasteiger partial charge < -0.3 is 9.30 Å². The molecule has 154 valence electrons. The zero-order chi connectivity index (χ0) is 21.8. The highest BCUT2D eigenvalue weighted by atomic mass is 32.1. The van der Waals surface area contributed by atoms with E-state index in [-0.39, 0.29) is 29.2 Å². The summed E-state index contributed by atoms with van der Waals surface area (Å²) >= 11 is 1.02. The minimum absolute atomic E-state index is 0.0571. The summed E-state index contributed by atoms with van der Waals surface area (Å²) < 4.78 is 6.79. The highest BCUT2D eigenvalue weighted by molar-refractivity contribution is 7.16. The Morgan fingerprint density at radius 3 is 2.53 bits per heavy atom. The van der Waals surface area contributed by atoms with Crippen molar-refractivity contribution < 1.29 is 24.2 Å². The standard InChI is InChI=1S/C18H14N4O7S/c1-2-29-16(23)10-20-14-9-11(21(25)26)7-8-15(14)30-18(20)19-17(24)12-5-3-4-6-13(12)22(27)28/h3-9H,2,10H2,1H3. The number of non-ortho nitro benzene ring substituents is 1. The second-order valence-corrected chi connectivity index (χ2v) is 6.89. The van der Waals surface area contributed by atoms with Crippen molar-refractivity contribution in [3.05, 3.63) is 73.1 Å². The van der Waals surface area contributed by atoms with Crippen LogP contribution in [0.3, 0.4) is 0 Å². The van der Waals surface area contributed by atoms with E-state index in [2.05, 4.69) is 4.99 Å². The third-order valence-corrected chi connectivity index (χ3v) is 5.06. The molecule has 12 heteroatoms. The molecule has 11 nitrogen and oxygen atoms in total. The Bertz CT molecular complexity index is 1240. The number of amides is 1. The maximum absolute atomic E-state index is 12.7. The number of hydrogen-bond acceptors (Lipinski definition) is 8. The number of esters is 1. The fraction of sp³-hybridized carbons (Fsp3) is 0.167. The fourth-order valence-corrected chi connectivity index (χ4v) is 3.71. The Hall–Kier alpha value is -3.93. The van der Waals surface area contributed by atoms with Crippen molar-refractivity contribution in [2.45, 2.75) is 13.5 Å². The molecule has 3 aromatic rings. The predicted octanol–water partition coefficient (Wildman–Crippen LogP) is 2.82. The van der Waals surface area contributed by atoms with E-state index in [4.69, 9.17) is 4.74 Å². The average molecular weight is 430 g/mol. The first-order valence-corrected chi connectivity index (χ1v) is 9.39. The van der Waals surface area contributed by atoms with E-state index in [0.29, 0.717) is 10.2 Å². The van der Waals surface area contributed by atoms with Gasteiger partial charge in [0.25, 0.3) is 17.3 Å². The number of nitro groups is 2. The topological polar surface area (TPSA) is 147 Å². The van der Waals surface area contributed by atoms with Crippen molar-refractivity contribution in [1.82, 2.24) is 4.57 Å². The van der Waals surface area contributed by atoms with Crippen LogP contribution in [-0.4, -0.2) is 32.9 Å². The molecule has 1 amide bonds. The van der Waals surface area contributed by atoms with Gasteiger partial charge in [-0.05, 0) is 19.1 Å². The molecule has 0 spiro atoms. The van der Waals surface area contributed by atoms with Gasteiger partial charge >= 0.3 is 5.97 Å². The number of ether oxygens (including phenoxy) is 1. The Morgan fingerprint density at radius 1 is 1.13 bits per heavy atom. The van der Waals surface area contributed by atoms with Gasteiger partial charge in [0.2, 0.25) is 0 Å². The maximum Gasteiger partial charge on any atom is 0.326 e. The fourth-order valence-electron chi connectivity index (χ4n) is 2.71. The number of rotatable bonds is 6. The van der Waals surface area contributed by atoms with Crippen LogP contribution in [0.15, 0.2) is 47.5 Å². The van der Waals surface area contributed by atoms with Gasteiger partial charge in [-0.1, -0.05) is 23.5 Å². The van der Waals surface area contributed by atoms with Gasteiger partial charge in [-0.3, -0.25) is 29.8 Å². The normalized spacial score (nSPS) is 11.4. The molecule has 0 fully saturated rings. The smallest absolute Gasteiger partial charge is 0.326 e. The van der Waals surface area contributed by atoms with E-state index in [1.54, 1.807) is 6.92 Å². The molecule has 0 bridgehead atoms. The van der Waals surface area contributed by atoms with Crippen LogP contribution in [0.2, 0.25) is 0 Å². The molecule has 30 heavy (non-hydrogen) atoms. The predicted molar refractivity (Wildman–Crippen MR) is 106 cm³/mol. The molecule has 0 atom stereocenters. The number of nitrogens with zero attached hydrogens (tertiary/aromatic N) is 4. The van der Waals surface area contributed by atoms with Crippen LogP contribution < -0.4 is 4.80 Å². The summed E-state index contributed by atoms with van der Waals surface area (Å²) in [7, 11) is 0. The Kier molecular flexibility index (Phi) is 5.97. The molecule has 0 aliphatic heterocycles. The number of benzene rings is 2. The monoisotopic (exact) mass is 430 g/mol. The molecule has 1 heterocycles. The van der Waals surface area contributed by atoms with Gasteiger partial charge in [-0.15, -0.1) is 0 Å². The number of thiazole rings is 1. The summed E-state index contributed by atoms with van der Waals surface area (Å²) in [6.07, 6.45) is 0. The number of para-hydroxylation sites is 1. The molecular formula is C18H14N4O7S. The quantitative estimate of drug-likeness (QED) is 0.332. The van der Waals surface area contributed by atoms with Crippen molar-refractivity contribution in [3.8, 4) is 0 Å². The van der Waals surface area contributed by atoms with Crippen molar-refractivity contribution >= 4 is 44.8 Å². The first-order chi connectivity index (χ1) is 14.3. The van der Waals surface area contributed by atoms with Gasteiger partial charge in [0.15, 0.2) is 4.80 Å². The van der Waals surface area contributed by atoms with Gasteiger partial charge in [-0.25, -0.2) is 0 Å². The van der Waals surface area contributed by atoms with Crippen LogP contribution >= 0.6 is 11.3 Å². The summed E-state index contributed by atoms with van der Waals surface area (Å²) in [5.74, 6) is -1.50. The minimum atomic E-state index is -0.874. The summed E-state index contributed by atoms with van der Waals surface area (Å²) in [6.45, 7) is 1.42. The lowest BCUT2D eigenvalue weighted by Gasteiger charge is -2.05. The molecule has 0 unspecified atom stereocenters. The summed E-state index contributed by atoms with van der Waals surface area (Å²) in [5, 5.41) is 22.3. The lowest BCUT2D eigenvalue weighted by Crippen LogP contribution is -2.23. The van der Waals surface area contributed by atoms with Crippen molar-refractivity contribution in [1.29, 1.82) is 0 Å². The van der Waals surface area contributed by atoms with Crippen LogP contribution in [0.1, 0.15) is 17.3 Å². The maximum atomic E-state index is 12.7. The number of nitro benzene ring substituents is 2. The van der Waals surface area contributed by atoms with E-state index in [0.717, 1.165) is 11.3 Å². The highest BCUT2D eigenvalue weighted by Crippen LogP contribution is 2.24. The SMILES string of the molecule is CCOC(=O)Cn1c(=NC(=O)c2ccccc2[N+](=O)[O-])sc2ccc([N+](=O)[O-])cc21. The molecule has 0 saturated heterocycles. The molecule has 3 rings (SSSR count). The van der Waals surface area contributed by atoms with Gasteiger partial charge in [0.1, 0.15) is 12.1 Å². The van der Waals surface area contributed by atoms with Crippen LogP contribution in [0.5, 0.6) is 0 Å². The summed E-state index contributed by atoms with van der Waals surface area (Å²) in [6, 6.07) is 9.39. The van der Waals surface area contributed by atoms with Crippen molar-refractivity contribution in [2.24, 2.45) is 4.99 Å². The van der Waals surface area contributed by atoms with E-state index in [1.165, 1.54) is 47.0 Å². The zero-order valence-electron chi connectivity index (χ0n) is 15.5. The first-order valence-electron chi connectivity index (χ1n) is 8.57. The second-order valence-electron chi connectivity index (χ2n) is 5.88. The van der Waals surface area contributed by atoms with Crippen LogP contribution in [0.25, 0.3) is 10.2 Å². The number of carbonyl (C=O) groups is 2. The number of aromatic nitrogens is 1. The molecule has 2 aromatic carbocycles. The van der Waals surface area contributed by atoms with E-state index in [1.807, 2.05) is 0 Å². The summed E-state index contributed by atoms with van der Waals surface area (Å²) in [4.78, 5) is 49.7. The molecule has 0 N–H and O–H groups in total. The Balaban J connectivity index is 2.19. The number of carbonyl (C=O) groups excluding carboxylic acids is 2. The van der Waals surface area contributed by atoms with Crippen molar-refractivity contribution in [3.63, 3.8) is 0 Å².